The molecule has 0 aliphatic carbocycles. The van der Waals surface area contributed by atoms with E-state index in [1.165, 1.54) is 13.3 Å². The van der Waals surface area contributed by atoms with E-state index in [1.54, 1.807) is 35.9 Å². The first-order valence-electron chi connectivity index (χ1n) is 7.21. The van der Waals surface area contributed by atoms with Gasteiger partial charge in [0.15, 0.2) is 18.1 Å². The third-order valence-corrected chi connectivity index (χ3v) is 3.51. The van der Waals surface area contributed by atoms with Crippen LogP contribution in [-0.2, 0) is 11.8 Å². The zero-order chi connectivity index (χ0) is 17.5. The van der Waals surface area contributed by atoms with E-state index < -0.39 is 5.91 Å². The van der Waals surface area contributed by atoms with Crippen LogP contribution in [0.5, 0.6) is 11.5 Å². The molecule has 24 heavy (non-hydrogen) atoms. The lowest BCUT2D eigenvalue weighted by molar-refractivity contribution is -0.123. The average Bonchev–Trinajstić information content (AvgIpc) is 2.88. The van der Waals surface area contributed by atoms with Crippen LogP contribution in [0, 0.1) is 18.3 Å². The summed E-state index contributed by atoms with van der Waals surface area (Å²) in [7, 11) is 3.33. The van der Waals surface area contributed by atoms with Crippen LogP contribution < -0.4 is 14.9 Å². The van der Waals surface area contributed by atoms with Crippen molar-refractivity contribution in [3.8, 4) is 17.6 Å². The molecular weight excluding hydrogens is 308 g/mol. The van der Waals surface area contributed by atoms with Crippen molar-refractivity contribution in [2.45, 2.75) is 6.92 Å². The van der Waals surface area contributed by atoms with Crippen LogP contribution in [0.3, 0.4) is 0 Å². The number of carbonyl (C=O) groups is 1. The molecule has 0 radical (unpaired) electrons. The fourth-order valence-corrected chi connectivity index (χ4v) is 2.05. The van der Waals surface area contributed by atoms with Crippen LogP contribution in [0.1, 0.15) is 17.0 Å². The van der Waals surface area contributed by atoms with Gasteiger partial charge in [-0.1, -0.05) is 12.1 Å². The lowest BCUT2D eigenvalue weighted by Gasteiger charge is -2.09. The summed E-state index contributed by atoms with van der Waals surface area (Å²) in [6.07, 6.45) is 1.50. The highest BCUT2D eigenvalue weighted by Crippen LogP contribution is 2.25. The Bertz CT molecular complexity index is 803. The third kappa shape index (κ3) is 3.93. The van der Waals surface area contributed by atoms with Gasteiger partial charge in [-0.25, -0.2) is 5.43 Å². The van der Waals surface area contributed by atoms with E-state index in [-0.39, 0.29) is 6.61 Å². The van der Waals surface area contributed by atoms with Crippen LogP contribution in [0.25, 0.3) is 0 Å². The van der Waals surface area contributed by atoms with Gasteiger partial charge in [0.25, 0.3) is 5.91 Å². The molecule has 0 atom stereocenters. The van der Waals surface area contributed by atoms with Gasteiger partial charge in [0.05, 0.1) is 13.3 Å². The first-order valence-corrected chi connectivity index (χ1v) is 7.21. The minimum atomic E-state index is -0.397. The number of hydrazone groups is 1. The monoisotopic (exact) mass is 326 g/mol. The van der Waals surface area contributed by atoms with Gasteiger partial charge in [0, 0.05) is 18.3 Å². The predicted molar refractivity (Wildman–Crippen MR) is 89.1 cm³/mol. The van der Waals surface area contributed by atoms with Gasteiger partial charge in [-0.2, -0.15) is 10.4 Å². The number of carbonyl (C=O) groups excluding carboxylic acids is 1. The fourth-order valence-electron chi connectivity index (χ4n) is 2.05. The molecule has 1 aromatic carbocycles. The summed E-state index contributed by atoms with van der Waals surface area (Å²) >= 11 is 0. The highest BCUT2D eigenvalue weighted by Gasteiger charge is 2.08. The van der Waals surface area contributed by atoms with Crippen molar-refractivity contribution in [2.24, 2.45) is 12.1 Å². The number of nitrogens with zero attached hydrogens (tertiary/aromatic N) is 3. The second-order valence-electron chi connectivity index (χ2n) is 4.97. The average molecular weight is 326 g/mol. The molecule has 2 rings (SSSR count). The van der Waals surface area contributed by atoms with Gasteiger partial charge >= 0.3 is 0 Å². The number of ether oxygens (including phenoxy) is 2. The van der Waals surface area contributed by atoms with E-state index in [0.717, 1.165) is 11.3 Å². The third-order valence-electron chi connectivity index (χ3n) is 3.51. The number of nitriles is 1. The van der Waals surface area contributed by atoms with Crippen LogP contribution in [0.2, 0.25) is 0 Å². The summed E-state index contributed by atoms with van der Waals surface area (Å²) < 4.78 is 12.3. The van der Waals surface area contributed by atoms with Crippen LogP contribution in [-0.4, -0.2) is 30.4 Å². The number of aromatic nitrogens is 1. The first-order chi connectivity index (χ1) is 11.6. The number of benzene rings is 1. The molecular formula is C17H18N4O3. The second kappa shape index (κ2) is 7.83. The molecule has 0 spiro atoms. The Kier molecular flexibility index (Phi) is 5.58. The quantitative estimate of drug-likeness (QED) is 0.647. The number of hydrogen-bond acceptors (Lipinski definition) is 5. The maximum absolute atomic E-state index is 11.8. The molecule has 1 N–H and O–H groups in total. The van der Waals surface area contributed by atoms with E-state index >= 15 is 0 Å². The molecule has 7 nitrogen and oxygen atoms in total. The predicted octanol–water partition coefficient (Wildman–Crippen LogP) is 1.74. The summed E-state index contributed by atoms with van der Waals surface area (Å²) in [5, 5.41) is 12.9. The van der Waals surface area contributed by atoms with Gasteiger partial charge in [0.1, 0.15) is 11.8 Å². The number of rotatable bonds is 6. The molecule has 0 unspecified atom stereocenters. The zero-order valence-electron chi connectivity index (χ0n) is 13.7. The summed E-state index contributed by atoms with van der Waals surface area (Å²) in [4.78, 5) is 11.8. The second-order valence-corrected chi connectivity index (χ2v) is 4.97. The van der Waals surface area contributed by atoms with Crippen LogP contribution >= 0.6 is 0 Å². The van der Waals surface area contributed by atoms with E-state index in [2.05, 4.69) is 16.6 Å². The Morgan fingerprint density at radius 2 is 2.12 bits per heavy atom. The molecule has 124 valence electrons. The molecule has 0 aliphatic rings. The van der Waals surface area contributed by atoms with E-state index in [4.69, 9.17) is 14.7 Å². The maximum atomic E-state index is 11.8. The van der Waals surface area contributed by atoms with Crippen molar-refractivity contribution in [2.75, 3.05) is 13.7 Å². The minimum Gasteiger partial charge on any atom is -0.493 e. The minimum absolute atomic E-state index is 0.186. The Balaban J connectivity index is 1.91. The van der Waals surface area contributed by atoms with E-state index in [9.17, 15) is 4.79 Å². The highest BCUT2D eigenvalue weighted by atomic mass is 16.5. The molecule has 1 amide bonds. The smallest absolute Gasteiger partial charge is 0.277 e. The first kappa shape index (κ1) is 17.1. The normalized spacial score (nSPS) is 10.4. The van der Waals surface area contributed by atoms with Gasteiger partial charge in [0.2, 0.25) is 0 Å². The van der Waals surface area contributed by atoms with Crippen molar-refractivity contribution in [1.82, 2.24) is 9.99 Å². The standard InChI is InChI=1S/C17H18N4O3/c1-12-13(8-14(9-18)21(12)2)10-19-20-17(22)11-24-16-7-5-4-6-15(16)23-3/h4-8,10H,11H2,1-3H3,(H,20,22)/b19-10-. The summed E-state index contributed by atoms with van der Waals surface area (Å²) in [5.41, 5.74) is 4.56. The molecule has 0 aliphatic heterocycles. The van der Waals surface area contributed by atoms with Gasteiger partial charge in [-0.05, 0) is 25.1 Å². The number of amides is 1. The van der Waals surface area contributed by atoms with Gasteiger partial charge < -0.3 is 14.0 Å². The van der Waals surface area contributed by atoms with Crippen molar-refractivity contribution >= 4 is 12.1 Å². The fraction of sp³-hybridized carbons (Fsp3) is 0.235. The Morgan fingerprint density at radius 1 is 1.42 bits per heavy atom. The zero-order valence-corrected chi connectivity index (χ0v) is 13.7. The SMILES string of the molecule is COc1ccccc1OCC(=O)N/N=C\c1cc(C#N)n(C)c1C. The highest BCUT2D eigenvalue weighted by molar-refractivity contribution is 5.84. The molecule has 0 saturated carbocycles. The lowest BCUT2D eigenvalue weighted by Crippen LogP contribution is -2.24. The van der Waals surface area contributed by atoms with Crippen molar-refractivity contribution in [3.63, 3.8) is 0 Å². The number of hydrogen-bond donors (Lipinski definition) is 1. The molecule has 0 saturated heterocycles. The molecule has 0 bridgehead atoms. The van der Waals surface area contributed by atoms with Crippen LogP contribution in [0.4, 0.5) is 0 Å². The largest absolute Gasteiger partial charge is 0.493 e. The van der Waals surface area contributed by atoms with Crippen molar-refractivity contribution in [1.29, 1.82) is 5.26 Å². The molecule has 7 heteroatoms. The Morgan fingerprint density at radius 3 is 2.75 bits per heavy atom. The topological polar surface area (TPSA) is 88.6 Å². The molecule has 1 aromatic heterocycles. The molecule has 0 fully saturated rings. The summed E-state index contributed by atoms with van der Waals surface area (Å²) in [6.45, 7) is 1.68. The number of para-hydroxylation sites is 2. The van der Waals surface area contributed by atoms with E-state index in [0.29, 0.717) is 17.2 Å². The Labute approximate surface area is 140 Å². The van der Waals surface area contributed by atoms with Crippen LogP contribution in [0.15, 0.2) is 35.4 Å². The van der Waals surface area contributed by atoms with Gasteiger partial charge in [-0.15, -0.1) is 0 Å². The maximum Gasteiger partial charge on any atom is 0.277 e. The molecule has 1 heterocycles. The Hall–Kier alpha value is -3.27. The summed E-state index contributed by atoms with van der Waals surface area (Å²) in [5.74, 6) is 0.640. The number of nitrogens with one attached hydrogen (secondary N) is 1. The van der Waals surface area contributed by atoms with Crippen molar-refractivity contribution < 1.29 is 14.3 Å². The number of methoxy groups -OCH3 is 1. The van der Waals surface area contributed by atoms with E-state index in [1.807, 2.05) is 13.0 Å². The molecule has 2 aromatic rings. The lowest BCUT2D eigenvalue weighted by atomic mass is 10.3. The summed E-state index contributed by atoms with van der Waals surface area (Å²) in [6, 6.07) is 10.9. The van der Waals surface area contributed by atoms with Gasteiger partial charge in [-0.3, -0.25) is 4.79 Å². The van der Waals surface area contributed by atoms with Crippen molar-refractivity contribution in [3.05, 3.63) is 47.3 Å².